The minimum absolute atomic E-state index is 0.0688. The third-order valence-corrected chi connectivity index (χ3v) is 3.99. The van der Waals surface area contributed by atoms with Crippen LogP contribution in [0.1, 0.15) is 11.1 Å². The van der Waals surface area contributed by atoms with E-state index in [0.29, 0.717) is 36.2 Å². The van der Waals surface area contributed by atoms with Crippen molar-refractivity contribution in [2.45, 2.75) is 6.54 Å². The predicted molar refractivity (Wildman–Crippen MR) is 112 cm³/mol. The van der Waals surface area contributed by atoms with Gasteiger partial charge < -0.3 is 20.5 Å². The zero-order valence-corrected chi connectivity index (χ0v) is 15.8. The fourth-order valence-electron chi connectivity index (χ4n) is 2.52. The molecule has 0 aliphatic heterocycles. The lowest BCUT2D eigenvalue weighted by Gasteiger charge is -2.11. The van der Waals surface area contributed by atoms with Crippen LogP contribution in [0.3, 0.4) is 0 Å². The molecule has 0 bridgehead atoms. The monoisotopic (exact) mass is 387 g/mol. The fourth-order valence-corrected chi connectivity index (χ4v) is 2.52. The number of amides is 1. The van der Waals surface area contributed by atoms with Crippen LogP contribution >= 0.6 is 0 Å². The van der Waals surface area contributed by atoms with Gasteiger partial charge in [-0.2, -0.15) is 15.2 Å². The first kappa shape index (κ1) is 19.6. The lowest BCUT2D eigenvalue weighted by atomic mass is 10.1. The molecule has 3 N–H and O–H groups in total. The Balaban J connectivity index is 1.60. The van der Waals surface area contributed by atoms with E-state index >= 15 is 0 Å². The van der Waals surface area contributed by atoms with Crippen molar-refractivity contribution in [2.24, 2.45) is 0 Å². The van der Waals surface area contributed by atoms with Gasteiger partial charge in [-0.1, -0.05) is 18.2 Å². The molecule has 1 aromatic carbocycles. The van der Waals surface area contributed by atoms with Gasteiger partial charge in [-0.05, 0) is 29.8 Å². The predicted octanol–water partition coefficient (Wildman–Crippen LogP) is 2.47. The Morgan fingerprint density at radius 2 is 1.93 bits per heavy atom. The minimum Gasteiger partial charge on any atom is -0.361 e. The fraction of sp³-hybridized carbons (Fsp3) is 0.143. The van der Waals surface area contributed by atoms with Gasteiger partial charge in [0, 0.05) is 31.5 Å². The molecule has 0 atom stereocenters. The van der Waals surface area contributed by atoms with Gasteiger partial charge in [0.1, 0.15) is 11.6 Å². The first-order valence-corrected chi connectivity index (χ1v) is 9.05. The molecule has 1 amide bonds. The van der Waals surface area contributed by atoms with Crippen LogP contribution in [-0.4, -0.2) is 33.5 Å². The van der Waals surface area contributed by atoms with E-state index in [0.717, 1.165) is 5.56 Å². The molecule has 3 rings (SSSR count). The van der Waals surface area contributed by atoms with E-state index in [1.165, 1.54) is 0 Å². The molecule has 0 aliphatic rings. The number of nitrogens with one attached hydrogen (secondary N) is 3. The Hall–Kier alpha value is -4.12. The summed E-state index contributed by atoms with van der Waals surface area (Å²) in [7, 11) is 0. The van der Waals surface area contributed by atoms with Crippen molar-refractivity contribution in [2.75, 3.05) is 23.7 Å². The molecule has 2 aromatic heterocycles. The van der Waals surface area contributed by atoms with Crippen molar-refractivity contribution in [1.82, 2.24) is 19.9 Å². The van der Waals surface area contributed by atoms with Gasteiger partial charge in [-0.25, -0.2) is 0 Å². The lowest BCUT2D eigenvalue weighted by Crippen LogP contribution is -2.29. The Morgan fingerprint density at radius 1 is 1.17 bits per heavy atom. The Bertz CT molecular complexity index is 1000. The van der Waals surface area contributed by atoms with Gasteiger partial charge in [0.25, 0.3) is 0 Å². The normalized spacial score (nSPS) is 10.0. The summed E-state index contributed by atoms with van der Waals surface area (Å²) in [5, 5.41) is 17.8. The number of anilines is 2. The van der Waals surface area contributed by atoms with Crippen LogP contribution in [0.5, 0.6) is 0 Å². The highest BCUT2D eigenvalue weighted by molar-refractivity contribution is 5.80. The highest BCUT2D eigenvalue weighted by Gasteiger charge is 2.08. The van der Waals surface area contributed by atoms with Gasteiger partial charge in [0.15, 0.2) is 0 Å². The molecule has 8 nitrogen and oxygen atoms in total. The van der Waals surface area contributed by atoms with Crippen molar-refractivity contribution in [3.05, 3.63) is 78.6 Å². The molecule has 0 aliphatic carbocycles. The molecule has 3 aromatic rings. The van der Waals surface area contributed by atoms with Crippen molar-refractivity contribution in [1.29, 1.82) is 5.26 Å². The number of carbonyl (C=O) groups is 1. The maximum Gasteiger partial charge on any atom is 0.239 e. The van der Waals surface area contributed by atoms with Crippen molar-refractivity contribution >= 4 is 17.7 Å². The van der Waals surface area contributed by atoms with Crippen LogP contribution in [0.4, 0.5) is 11.8 Å². The molecule has 0 spiro atoms. The van der Waals surface area contributed by atoms with E-state index in [9.17, 15) is 4.79 Å². The number of aromatic nitrogens is 3. The Morgan fingerprint density at radius 3 is 2.62 bits per heavy atom. The number of nitriles is 1. The summed E-state index contributed by atoms with van der Waals surface area (Å²) in [6, 6.07) is 14.7. The van der Waals surface area contributed by atoms with Gasteiger partial charge in [0.05, 0.1) is 18.2 Å². The summed E-state index contributed by atoms with van der Waals surface area (Å²) in [5.74, 6) is 1.48. The number of carbonyl (C=O) groups excluding carboxylic acids is 1. The Labute approximate surface area is 168 Å². The molecule has 0 unspecified atom stereocenters. The topological polar surface area (TPSA) is 108 Å². The third-order valence-electron chi connectivity index (χ3n) is 3.99. The molecule has 29 heavy (non-hydrogen) atoms. The number of benzene rings is 1. The smallest absolute Gasteiger partial charge is 0.239 e. The van der Waals surface area contributed by atoms with Gasteiger partial charge >= 0.3 is 0 Å². The van der Waals surface area contributed by atoms with Crippen LogP contribution in [-0.2, 0) is 11.3 Å². The van der Waals surface area contributed by atoms with E-state index in [-0.39, 0.29) is 12.5 Å². The summed E-state index contributed by atoms with van der Waals surface area (Å²) in [5.41, 5.74) is 1.51. The summed E-state index contributed by atoms with van der Waals surface area (Å²) >= 11 is 0. The minimum atomic E-state index is -0.170. The van der Waals surface area contributed by atoms with E-state index < -0.39 is 0 Å². The van der Waals surface area contributed by atoms with Crippen LogP contribution in [0.2, 0.25) is 0 Å². The largest absolute Gasteiger partial charge is 0.361 e. The molecule has 8 heteroatoms. The first-order chi connectivity index (χ1) is 14.2. The molecule has 2 heterocycles. The molecule has 0 saturated carbocycles. The SMILES string of the molecule is C=CCNc1nc(NCC(=O)NCc2ccc(C#N)cc2)cc(-n2cccc2)n1. The molecule has 0 fully saturated rings. The molecule has 0 saturated heterocycles. The van der Waals surface area contributed by atoms with Crippen LogP contribution in [0.25, 0.3) is 5.82 Å². The van der Waals surface area contributed by atoms with Gasteiger partial charge in [-0.3, -0.25) is 4.79 Å². The zero-order valence-electron chi connectivity index (χ0n) is 15.8. The summed E-state index contributed by atoms with van der Waals surface area (Å²) < 4.78 is 1.86. The highest BCUT2D eigenvalue weighted by Crippen LogP contribution is 2.14. The number of rotatable bonds is 9. The number of hydrogen-bond acceptors (Lipinski definition) is 6. The summed E-state index contributed by atoms with van der Waals surface area (Å²) in [6.07, 6.45) is 5.48. The van der Waals surface area contributed by atoms with E-state index in [1.807, 2.05) is 41.2 Å². The summed E-state index contributed by atoms with van der Waals surface area (Å²) in [4.78, 5) is 21.0. The summed E-state index contributed by atoms with van der Waals surface area (Å²) in [6.45, 7) is 4.66. The first-order valence-electron chi connectivity index (χ1n) is 9.05. The van der Waals surface area contributed by atoms with Crippen LogP contribution < -0.4 is 16.0 Å². The second-order valence-corrected chi connectivity index (χ2v) is 6.13. The second-order valence-electron chi connectivity index (χ2n) is 6.13. The van der Waals surface area contributed by atoms with Crippen molar-refractivity contribution in [3.8, 4) is 11.9 Å². The molecule has 146 valence electrons. The van der Waals surface area contributed by atoms with Gasteiger partial charge in [-0.15, -0.1) is 6.58 Å². The van der Waals surface area contributed by atoms with E-state index in [4.69, 9.17) is 5.26 Å². The maximum atomic E-state index is 12.2. The van der Waals surface area contributed by atoms with E-state index in [2.05, 4.69) is 38.6 Å². The third kappa shape index (κ3) is 5.68. The maximum absolute atomic E-state index is 12.2. The molecular weight excluding hydrogens is 366 g/mol. The highest BCUT2D eigenvalue weighted by atomic mass is 16.1. The van der Waals surface area contributed by atoms with Crippen molar-refractivity contribution < 1.29 is 4.79 Å². The molecule has 0 radical (unpaired) electrons. The van der Waals surface area contributed by atoms with E-state index in [1.54, 1.807) is 24.3 Å². The zero-order chi connectivity index (χ0) is 20.5. The van der Waals surface area contributed by atoms with Crippen molar-refractivity contribution in [3.63, 3.8) is 0 Å². The van der Waals surface area contributed by atoms with Crippen LogP contribution in [0, 0.1) is 11.3 Å². The number of hydrogen-bond donors (Lipinski definition) is 3. The second kappa shape index (κ2) is 9.71. The number of nitrogens with zero attached hydrogens (tertiary/aromatic N) is 4. The standard InChI is InChI=1S/C21H21N7O/c1-2-9-23-21-26-18(12-19(27-21)28-10-3-4-11-28)24-15-20(29)25-14-17-7-5-16(13-22)6-8-17/h2-8,10-12H,1,9,14-15H2,(H,25,29)(H2,23,24,26,27). The average molecular weight is 387 g/mol. The van der Waals surface area contributed by atoms with Gasteiger partial charge in [0.2, 0.25) is 11.9 Å². The van der Waals surface area contributed by atoms with Crippen LogP contribution in [0.15, 0.2) is 67.5 Å². The average Bonchev–Trinajstić information content (AvgIpc) is 3.30. The lowest BCUT2D eigenvalue weighted by molar-refractivity contribution is -0.119. The quantitative estimate of drug-likeness (QED) is 0.487. The Kier molecular flexibility index (Phi) is 6.58. The molecular formula is C21H21N7O.